The fourth-order valence-electron chi connectivity index (χ4n) is 1.37. The number of amides is 1. The molecule has 0 aromatic carbocycles. The fourth-order valence-corrected chi connectivity index (χ4v) is 1.60. The zero-order valence-corrected chi connectivity index (χ0v) is 10.5. The molecule has 92 valence electrons. The number of H-pyrrole nitrogens is 1. The van der Waals surface area contributed by atoms with Gasteiger partial charge in [-0.2, -0.15) is 0 Å². The van der Waals surface area contributed by atoms with E-state index in [1.165, 1.54) is 13.3 Å². The van der Waals surface area contributed by atoms with Crippen molar-refractivity contribution < 1.29 is 9.53 Å². The first-order valence-corrected chi connectivity index (χ1v) is 5.60. The number of nitrogens with one attached hydrogen (secondary N) is 2. The predicted molar refractivity (Wildman–Crippen MR) is 70.4 cm³/mol. The number of carbonyl (C=O) groups is 1. The first kappa shape index (κ1) is 12.3. The van der Waals surface area contributed by atoms with Crippen LogP contribution in [0, 0.1) is 4.64 Å². The van der Waals surface area contributed by atoms with Crippen LogP contribution in [0.15, 0.2) is 36.7 Å². The van der Waals surface area contributed by atoms with Gasteiger partial charge in [-0.1, -0.05) is 12.2 Å². The molecule has 2 heterocycles. The summed E-state index contributed by atoms with van der Waals surface area (Å²) in [6.45, 7) is 0. The summed E-state index contributed by atoms with van der Waals surface area (Å²) in [6.07, 6.45) is 3.19. The minimum Gasteiger partial charge on any atom is -0.481 e. The quantitative estimate of drug-likeness (QED) is 0.833. The Morgan fingerprint density at radius 2 is 2.28 bits per heavy atom. The van der Waals surface area contributed by atoms with Crippen LogP contribution in [0.5, 0.6) is 5.88 Å². The number of carbonyl (C=O) groups excluding carboxylic acids is 1. The molecular weight excluding hydrogens is 250 g/mol. The van der Waals surface area contributed by atoms with Gasteiger partial charge in [0.05, 0.1) is 24.6 Å². The largest absolute Gasteiger partial charge is 0.481 e. The summed E-state index contributed by atoms with van der Waals surface area (Å²) in [5, 5.41) is 2.71. The van der Waals surface area contributed by atoms with Crippen LogP contribution in [0.1, 0.15) is 10.4 Å². The molecule has 2 N–H and O–H groups in total. The topological polar surface area (TPSA) is 67.0 Å². The summed E-state index contributed by atoms with van der Waals surface area (Å²) in [4.78, 5) is 18.7. The molecule has 0 saturated heterocycles. The third kappa shape index (κ3) is 2.72. The van der Waals surface area contributed by atoms with E-state index in [4.69, 9.17) is 17.0 Å². The second-order valence-electron chi connectivity index (χ2n) is 3.46. The van der Waals surface area contributed by atoms with Crippen molar-refractivity contribution >= 4 is 23.8 Å². The number of pyridine rings is 2. The Morgan fingerprint density at radius 3 is 2.89 bits per heavy atom. The molecule has 2 aromatic heterocycles. The number of anilines is 1. The van der Waals surface area contributed by atoms with Crippen molar-refractivity contribution in [1.29, 1.82) is 0 Å². The number of aromatic amines is 1. The maximum Gasteiger partial charge on any atom is 0.258 e. The Hall–Kier alpha value is -2.21. The van der Waals surface area contributed by atoms with E-state index in [1.807, 2.05) is 0 Å². The Kier molecular flexibility index (Phi) is 3.69. The van der Waals surface area contributed by atoms with E-state index in [2.05, 4.69) is 15.3 Å². The fraction of sp³-hybridized carbons (Fsp3) is 0.0833. The van der Waals surface area contributed by atoms with Gasteiger partial charge in [0.25, 0.3) is 5.91 Å². The van der Waals surface area contributed by atoms with Gasteiger partial charge in [0.15, 0.2) is 0 Å². The average Bonchev–Trinajstić information content (AvgIpc) is 2.40. The average molecular weight is 261 g/mol. The van der Waals surface area contributed by atoms with Gasteiger partial charge >= 0.3 is 0 Å². The molecule has 0 bridgehead atoms. The van der Waals surface area contributed by atoms with Crippen molar-refractivity contribution in [2.75, 3.05) is 12.4 Å². The van der Waals surface area contributed by atoms with Crippen molar-refractivity contribution in [3.63, 3.8) is 0 Å². The maximum absolute atomic E-state index is 11.9. The van der Waals surface area contributed by atoms with Crippen LogP contribution >= 0.6 is 12.2 Å². The maximum atomic E-state index is 11.9. The number of aromatic nitrogens is 2. The number of ether oxygens (including phenoxy) is 1. The van der Waals surface area contributed by atoms with E-state index < -0.39 is 0 Å². The lowest BCUT2D eigenvalue weighted by atomic mass is 10.2. The summed E-state index contributed by atoms with van der Waals surface area (Å²) < 4.78 is 5.33. The molecule has 0 atom stereocenters. The Morgan fingerprint density at radius 1 is 1.44 bits per heavy atom. The normalized spacial score (nSPS) is 9.83. The first-order valence-electron chi connectivity index (χ1n) is 5.20. The monoisotopic (exact) mass is 261 g/mol. The highest BCUT2D eigenvalue weighted by Crippen LogP contribution is 2.12. The predicted octanol–water partition coefficient (Wildman–Crippen LogP) is 2.40. The highest BCUT2D eigenvalue weighted by molar-refractivity contribution is 7.71. The summed E-state index contributed by atoms with van der Waals surface area (Å²) in [7, 11) is 1.53. The van der Waals surface area contributed by atoms with Crippen LogP contribution in [0.4, 0.5) is 5.69 Å². The Labute approximate surface area is 109 Å². The second kappa shape index (κ2) is 5.42. The number of methoxy groups -OCH3 is 1. The van der Waals surface area contributed by atoms with Gasteiger partial charge in [-0.15, -0.1) is 0 Å². The molecule has 6 heteroatoms. The molecule has 5 nitrogen and oxygen atoms in total. The minimum atomic E-state index is -0.274. The summed E-state index contributed by atoms with van der Waals surface area (Å²) in [6, 6.07) is 6.75. The summed E-state index contributed by atoms with van der Waals surface area (Å²) in [5.41, 5.74) is 1.00. The third-order valence-corrected chi connectivity index (χ3v) is 2.60. The third-order valence-electron chi connectivity index (χ3n) is 2.27. The summed E-state index contributed by atoms with van der Waals surface area (Å²) >= 11 is 5.03. The first-order chi connectivity index (χ1) is 8.70. The van der Waals surface area contributed by atoms with E-state index in [9.17, 15) is 4.79 Å². The minimum absolute atomic E-state index is 0.274. The van der Waals surface area contributed by atoms with Gasteiger partial charge in [-0.3, -0.25) is 4.79 Å². The van der Waals surface area contributed by atoms with E-state index in [1.54, 1.807) is 30.5 Å². The molecule has 0 aliphatic carbocycles. The number of nitrogens with zero attached hydrogens (tertiary/aromatic N) is 1. The van der Waals surface area contributed by atoms with Crippen LogP contribution in [0.2, 0.25) is 0 Å². The number of hydrogen-bond donors (Lipinski definition) is 2. The molecule has 18 heavy (non-hydrogen) atoms. The van der Waals surface area contributed by atoms with Crippen molar-refractivity contribution in [3.05, 3.63) is 46.9 Å². The van der Waals surface area contributed by atoms with E-state index >= 15 is 0 Å². The van der Waals surface area contributed by atoms with Gasteiger partial charge in [-0.25, -0.2) is 4.98 Å². The van der Waals surface area contributed by atoms with Crippen LogP contribution in [-0.4, -0.2) is 23.0 Å². The van der Waals surface area contributed by atoms with Crippen molar-refractivity contribution in [2.24, 2.45) is 0 Å². The lowest BCUT2D eigenvalue weighted by Gasteiger charge is -2.05. The lowest BCUT2D eigenvalue weighted by Crippen LogP contribution is -2.13. The molecule has 0 fully saturated rings. The second-order valence-corrected chi connectivity index (χ2v) is 3.86. The molecule has 0 aliphatic rings. The SMILES string of the molecule is COc1ccc(NC(=O)c2ccc[nH]c2=S)cn1. The van der Waals surface area contributed by atoms with E-state index in [0.717, 1.165) is 0 Å². The van der Waals surface area contributed by atoms with Crippen molar-refractivity contribution in [3.8, 4) is 5.88 Å². The molecule has 0 aliphatic heterocycles. The molecule has 1 amide bonds. The molecular formula is C12H11N3O2S. The van der Waals surface area contributed by atoms with Gasteiger partial charge in [0.2, 0.25) is 5.88 Å². The zero-order chi connectivity index (χ0) is 13.0. The van der Waals surface area contributed by atoms with Crippen LogP contribution in [-0.2, 0) is 0 Å². The van der Waals surface area contributed by atoms with Gasteiger partial charge in [0.1, 0.15) is 4.64 Å². The molecule has 0 saturated carbocycles. The van der Waals surface area contributed by atoms with Crippen LogP contribution < -0.4 is 10.1 Å². The molecule has 0 radical (unpaired) electrons. The number of hydrogen-bond acceptors (Lipinski definition) is 4. The van der Waals surface area contributed by atoms with Gasteiger partial charge in [-0.05, 0) is 18.2 Å². The smallest absolute Gasteiger partial charge is 0.258 e. The molecule has 0 unspecified atom stereocenters. The van der Waals surface area contributed by atoms with Crippen molar-refractivity contribution in [1.82, 2.24) is 9.97 Å². The lowest BCUT2D eigenvalue weighted by molar-refractivity contribution is 0.102. The van der Waals surface area contributed by atoms with Crippen molar-refractivity contribution in [2.45, 2.75) is 0 Å². The molecule has 2 rings (SSSR count). The Bertz CT molecular complexity index is 607. The van der Waals surface area contributed by atoms with Crippen LogP contribution in [0.3, 0.4) is 0 Å². The van der Waals surface area contributed by atoms with Gasteiger partial charge < -0.3 is 15.0 Å². The van der Waals surface area contributed by atoms with Gasteiger partial charge in [0, 0.05) is 12.3 Å². The van der Waals surface area contributed by atoms with E-state index in [-0.39, 0.29) is 5.91 Å². The molecule has 0 spiro atoms. The molecule has 2 aromatic rings. The van der Waals surface area contributed by atoms with E-state index in [0.29, 0.717) is 21.8 Å². The highest BCUT2D eigenvalue weighted by Gasteiger charge is 2.07. The van der Waals surface area contributed by atoms with Crippen LogP contribution in [0.25, 0.3) is 0 Å². The Balaban J connectivity index is 2.16. The zero-order valence-electron chi connectivity index (χ0n) is 9.64. The standard InChI is InChI=1S/C12H11N3O2S/c1-17-10-5-4-8(7-14-10)15-11(16)9-3-2-6-13-12(9)18/h2-7H,1H3,(H,13,18)(H,15,16). The summed E-state index contributed by atoms with van der Waals surface area (Å²) in [5.74, 6) is 0.216. The highest BCUT2D eigenvalue weighted by atomic mass is 32.1. The number of rotatable bonds is 3.